The molecule has 0 atom stereocenters. The van der Waals surface area contributed by atoms with E-state index in [0.717, 1.165) is 77.0 Å². The molecule has 6 fully saturated rings. The highest BCUT2D eigenvalue weighted by atomic mass is 16.5. The molecular weight excluding hydrogens is 476 g/mol. The maximum absolute atomic E-state index is 13.7. The lowest BCUT2D eigenvalue weighted by Gasteiger charge is -2.59. The lowest BCUT2D eigenvalue weighted by Crippen LogP contribution is -2.70. The maximum Gasteiger partial charge on any atom is 0.315 e. The van der Waals surface area contributed by atoms with Crippen molar-refractivity contribution in [1.29, 1.82) is 0 Å². The van der Waals surface area contributed by atoms with E-state index in [4.69, 9.17) is 0 Å². The number of nitrogens with one attached hydrogen (secondary N) is 2. The van der Waals surface area contributed by atoms with Gasteiger partial charge in [0, 0.05) is 23.2 Å². The molecule has 0 aromatic carbocycles. The van der Waals surface area contributed by atoms with Crippen molar-refractivity contribution in [1.82, 2.24) is 20.8 Å². The minimum Gasteiger partial charge on any atom is -0.338 e. The number of carbonyl (C=O) groups excluding carboxylic acids is 1. The molecule has 38 heavy (non-hydrogen) atoms. The van der Waals surface area contributed by atoms with Crippen molar-refractivity contribution in [3.8, 4) is 0 Å². The number of hydrogen-bond donors (Lipinski definition) is 3. The standard InChI is InChI=1S/C31H54N4O3/c36-27(32-25-21-28(13-5-1-6-14-28)34(37)29(22-25)15-7-2-8-16-29)33-26-23-30(17-9-3-10-18-30)35(38)31(24-26)19-11-4-12-20-31/h25-26,37-38H,1-24H2,(H2,32,33,36)/p+1. The van der Waals surface area contributed by atoms with Crippen molar-refractivity contribution in [3.63, 3.8) is 0 Å². The van der Waals surface area contributed by atoms with Crippen molar-refractivity contribution in [2.24, 2.45) is 0 Å². The molecule has 0 aromatic heterocycles. The Morgan fingerprint density at radius 3 is 1.18 bits per heavy atom. The summed E-state index contributed by atoms with van der Waals surface area (Å²) in [6, 6.07) is 0.273. The number of hydroxylamine groups is 4. The highest BCUT2D eigenvalue weighted by Gasteiger charge is 2.58. The fraction of sp³-hybridized carbons (Fsp3) is 0.968. The first-order valence-corrected chi connectivity index (χ1v) is 16.5. The van der Waals surface area contributed by atoms with Gasteiger partial charge in [0.15, 0.2) is 0 Å². The molecule has 2 saturated heterocycles. The molecule has 4 aliphatic carbocycles. The molecule has 216 valence electrons. The molecule has 0 aromatic rings. The van der Waals surface area contributed by atoms with Crippen LogP contribution in [0.3, 0.4) is 0 Å². The Hall–Kier alpha value is -0.890. The fourth-order valence-electron chi connectivity index (χ4n) is 10.5. The van der Waals surface area contributed by atoms with Gasteiger partial charge in [0.1, 0.15) is 0 Å². The predicted octanol–water partition coefficient (Wildman–Crippen LogP) is 6.05. The van der Waals surface area contributed by atoms with Crippen LogP contribution in [-0.2, 0) is 0 Å². The Labute approximate surface area is 230 Å². The van der Waals surface area contributed by atoms with Gasteiger partial charge in [0.2, 0.25) is 0 Å². The number of hydrogen-bond acceptors (Lipinski definition) is 4. The van der Waals surface area contributed by atoms with Crippen LogP contribution in [0.5, 0.6) is 0 Å². The summed E-state index contributed by atoms with van der Waals surface area (Å²) in [4.78, 5) is 13.7. The lowest BCUT2D eigenvalue weighted by atomic mass is 9.65. The average molecular weight is 532 g/mol. The Balaban J connectivity index is 1.17. The van der Waals surface area contributed by atoms with E-state index in [2.05, 4.69) is 15.7 Å². The van der Waals surface area contributed by atoms with Crippen LogP contribution < -0.4 is 10.6 Å². The molecule has 0 bridgehead atoms. The van der Waals surface area contributed by atoms with Gasteiger partial charge in [-0.2, -0.15) is 5.06 Å². The number of piperidine rings is 2. The zero-order valence-corrected chi connectivity index (χ0v) is 23.9. The summed E-state index contributed by atoms with van der Waals surface area (Å²) in [7, 11) is 0. The number of nitrogens with zero attached hydrogens (tertiary/aromatic N) is 2. The van der Waals surface area contributed by atoms with Gasteiger partial charge in [-0.3, -0.25) is 0 Å². The molecular formula is C31H55N4O3+. The zero-order valence-electron chi connectivity index (χ0n) is 23.9. The molecule has 2 heterocycles. The topological polar surface area (TPSA) is 90.7 Å². The van der Waals surface area contributed by atoms with Crippen LogP contribution in [0.1, 0.15) is 154 Å². The molecule has 4 spiro atoms. The van der Waals surface area contributed by atoms with Crippen LogP contribution in [0.15, 0.2) is 0 Å². The van der Waals surface area contributed by atoms with Gasteiger partial charge in [0.25, 0.3) is 0 Å². The first-order chi connectivity index (χ1) is 18.4. The van der Waals surface area contributed by atoms with E-state index in [0.29, 0.717) is 0 Å². The summed E-state index contributed by atoms with van der Waals surface area (Å²) in [5.41, 5.74) is -0.458. The molecule has 5 N–H and O–H groups in total. The summed E-state index contributed by atoms with van der Waals surface area (Å²) in [6.07, 6.45) is 26.9. The molecule has 4 saturated carbocycles. The smallest absolute Gasteiger partial charge is 0.315 e. The third-order valence-electron chi connectivity index (χ3n) is 12.2. The van der Waals surface area contributed by atoms with Crippen LogP contribution in [0.25, 0.3) is 0 Å². The predicted molar refractivity (Wildman–Crippen MR) is 150 cm³/mol. The Kier molecular flexibility index (Phi) is 7.78. The first kappa shape index (κ1) is 27.3. The molecule has 2 amide bonds. The Morgan fingerprint density at radius 1 is 0.553 bits per heavy atom. The zero-order chi connectivity index (χ0) is 26.3. The Bertz CT molecular complexity index is 703. The minimum atomic E-state index is -0.166. The van der Waals surface area contributed by atoms with Crippen molar-refractivity contribution in [3.05, 3.63) is 0 Å². The number of urea groups is 1. The van der Waals surface area contributed by atoms with Crippen molar-refractivity contribution >= 4 is 6.03 Å². The Morgan fingerprint density at radius 2 is 0.842 bits per heavy atom. The summed E-state index contributed by atoms with van der Waals surface area (Å²) in [5.74, 6) is 0. The van der Waals surface area contributed by atoms with E-state index in [9.17, 15) is 15.2 Å². The average Bonchev–Trinajstić information content (AvgIpc) is 2.93. The second-order valence-electron chi connectivity index (χ2n) is 14.6. The second kappa shape index (κ2) is 10.8. The van der Waals surface area contributed by atoms with E-state index >= 15 is 0 Å². The lowest BCUT2D eigenvalue weighted by molar-refractivity contribution is -0.281. The SMILES string of the molecule is O=C(NC1CC2(CCCCC2)N(O)C2(CCCCC2)C1)NC1CC2(CCCCC2)N([OH2+])C2(CCCCC2)C1. The van der Waals surface area contributed by atoms with Crippen LogP contribution >= 0.6 is 0 Å². The van der Waals surface area contributed by atoms with Crippen LogP contribution in [0.4, 0.5) is 4.79 Å². The quantitative estimate of drug-likeness (QED) is 0.378. The second-order valence-corrected chi connectivity index (χ2v) is 14.6. The van der Waals surface area contributed by atoms with E-state index in [1.165, 1.54) is 77.0 Å². The van der Waals surface area contributed by atoms with Gasteiger partial charge in [0.05, 0.1) is 11.1 Å². The van der Waals surface area contributed by atoms with E-state index in [1.54, 1.807) is 0 Å². The van der Waals surface area contributed by atoms with Crippen molar-refractivity contribution < 1.29 is 15.2 Å². The minimum absolute atomic E-state index is 0.00124. The van der Waals surface area contributed by atoms with Gasteiger partial charge >= 0.3 is 6.03 Å². The molecule has 7 nitrogen and oxygen atoms in total. The highest BCUT2D eigenvalue weighted by Crippen LogP contribution is 2.52. The highest BCUT2D eigenvalue weighted by molar-refractivity contribution is 5.74. The number of rotatable bonds is 2. The summed E-state index contributed by atoms with van der Waals surface area (Å²) >= 11 is 0. The van der Waals surface area contributed by atoms with Gasteiger partial charge in [-0.25, -0.2) is 4.79 Å². The summed E-state index contributed by atoms with van der Waals surface area (Å²) in [5, 5.41) is 31.9. The molecule has 0 radical (unpaired) electrons. The molecule has 6 aliphatic rings. The third kappa shape index (κ3) is 4.92. The van der Waals surface area contributed by atoms with Gasteiger partial charge < -0.3 is 21.0 Å². The van der Waals surface area contributed by atoms with E-state index in [-0.39, 0.29) is 40.3 Å². The first-order valence-electron chi connectivity index (χ1n) is 16.5. The molecule has 7 heteroatoms. The summed E-state index contributed by atoms with van der Waals surface area (Å²) < 4.78 is 0. The van der Waals surface area contributed by atoms with Gasteiger partial charge in [-0.1, -0.05) is 82.1 Å². The van der Waals surface area contributed by atoms with E-state index < -0.39 is 0 Å². The monoisotopic (exact) mass is 531 g/mol. The van der Waals surface area contributed by atoms with Gasteiger partial charge in [-0.05, 0) is 77.0 Å². The largest absolute Gasteiger partial charge is 0.338 e. The fourth-order valence-corrected chi connectivity index (χ4v) is 10.5. The number of amides is 2. The normalized spacial score (nSPS) is 34.9. The van der Waals surface area contributed by atoms with Crippen LogP contribution in [0, 0.1) is 0 Å². The van der Waals surface area contributed by atoms with Gasteiger partial charge in [-0.15, -0.1) is 0 Å². The maximum atomic E-state index is 13.7. The molecule has 6 rings (SSSR count). The number of carbonyl (C=O) groups is 1. The molecule has 2 aliphatic heterocycles. The van der Waals surface area contributed by atoms with Crippen molar-refractivity contribution in [2.45, 2.75) is 188 Å². The van der Waals surface area contributed by atoms with E-state index in [1.807, 2.05) is 5.06 Å². The van der Waals surface area contributed by atoms with Crippen LogP contribution in [-0.4, -0.2) is 60.8 Å². The molecule has 0 unspecified atom stereocenters. The van der Waals surface area contributed by atoms with Crippen LogP contribution in [0.2, 0.25) is 0 Å². The van der Waals surface area contributed by atoms with Crippen molar-refractivity contribution in [2.75, 3.05) is 0 Å². The third-order valence-corrected chi connectivity index (χ3v) is 12.2. The summed E-state index contributed by atoms with van der Waals surface area (Å²) in [6.45, 7) is 0.